The number of rotatable bonds is 4. The molecular formula is C13H14FN3O4. The van der Waals surface area contributed by atoms with Crippen LogP contribution >= 0.6 is 0 Å². The number of urea groups is 1. The van der Waals surface area contributed by atoms with E-state index >= 15 is 0 Å². The van der Waals surface area contributed by atoms with Crippen LogP contribution in [-0.4, -0.2) is 35.0 Å². The van der Waals surface area contributed by atoms with Crippen molar-refractivity contribution in [3.8, 4) is 5.75 Å². The molecule has 0 radical (unpaired) electrons. The van der Waals surface area contributed by atoms with Crippen molar-refractivity contribution in [1.29, 1.82) is 0 Å². The van der Waals surface area contributed by atoms with Gasteiger partial charge in [0.1, 0.15) is 18.1 Å². The molecule has 1 aliphatic rings. The molecule has 0 aliphatic carbocycles. The fourth-order valence-corrected chi connectivity index (χ4v) is 1.63. The predicted molar refractivity (Wildman–Crippen MR) is 69.5 cm³/mol. The Morgan fingerprint density at radius 1 is 1.33 bits per heavy atom. The topological polar surface area (TPSA) is 87.7 Å². The molecule has 0 aromatic heterocycles. The number of halogens is 1. The van der Waals surface area contributed by atoms with Crippen molar-refractivity contribution in [2.45, 2.75) is 19.4 Å². The first kappa shape index (κ1) is 14.8. The van der Waals surface area contributed by atoms with Gasteiger partial charge in [-0.05, 0) is 38.1 Å². The molecule has 112 valence electrons. The van der Waals surface area contributed by atoms with Crippen LogP contribution in [0, 0.1) is 5.82 Å². The van der Waals surface area contributed by atoms with Gasteiger partial charge in [-0.15, -0.1) is 0 Å². The van der Waals surface area contributed by atoms with Gasteiger partial charge in [0.25, 0.3) is 5.91 Å². The lowest BCUT2D eigenvalue weighted by atomic mass is 10.1. The number of nitrogens with one attached hydrogen (secondary N) is 2. The minimum atomic E-state index is -1.32. The molecule has 4 amide bonds. The minimum absolute atomic E-state index is 0.253. The average Bonchev–Trinajstić information content (AvgIpc) is 2.70. The van der Waals surface area contributed by atoms with Gasteiger partial charge in [-0.3, -0.25) is 20.3 Å². The predicted octanol–water partition coefficient (Wildman–Crippen LogP) is 0.566. The van der Waals surface area contributed by atoms with Crippen molar-refractivity contribution in [2.24, 2.45) is 0 Å². The van der Waals surface area contributed by atoms with Crippen LogP contribution in [-0.2, 0) is 9.59 Å². The molecule has 0 saturated carbocycles. The van der Waals surface area contributed by atoms with Crippen LogP contribution in [0.2, 0.25) is 0 Å². The molecule has 1 heterocycles. The van der Waals surface area contributed by atoms with Crippen molar-refractivity contribution >= 4 is 17.8 Å². The zero-order valence-corrected chi connectivity index (χ0v) is 11.5. The molecule has 8 heteroatoms. The molecule has 1 fully saturated rings. The Balaban J connectivity index is 2.01. The minimum Gasteiger partial charge on any atom is -0.478 e. The SMILES string of the molecule is CC(C)(Oc1ccc(F)cc1)C(=O)NN1CC(=O)NC1=O. The molecule has 21 heavy (non-hydrogen) atoms. The summed E-state index contributed by atoms with van der Waals surface area (Å²) in [6.45, 7) is 2.72. The molecule has 0 bridgehead atoms. The number of hydrazine groups is 1. The Bertz CT molecular complexity index is 586. The Hall–Kier alpha value is -2.64. The van der Waals surface area contributed by atoms with E-state index < -0.39 is 29.3 Å². The lowest BCUT2D eigenvalue weighted by molar-refractivity contribution is -0.138. The normalized spacial score (nSPS) is 14.9. The van der Waals surface area contributed by atoms with Crippen molar-refractivity contribution in [1.82, 2.24) is 15.8 Å². The molecule has 1 aliphatic heterocycles. The first-order valence-corrected chi connectivity index (χ1v) is 6.15. The van der Waals surface area contributed by atoms with E-state index in [4.69, 9.17) is 4.74 Å². The smallest absolute Gasteiger partial charge is 0.343 e. The van der Waals surface area contributed by atoms with E-state index in [0.29, 0.717) is 5.75 Å². The molecule has 1 saturated heterocycles. The third-order valence-corrected chi connectivity index (χ3v) is 2.76. The maximum atomic E-state index is 12.8. The van der Waals surface area contributed by atoms with Crippen LogP contribution in [0.15, 0.2) is 24.3 Å². The number of amides is 4. The molecule has 2 rings (SSSR count). The van der Waals surface area contributed by atoms with Gasteiger partial charge < -0.3 is 4.74 Å². The summed E-state index contributed by atoms with van der Waals surface area (Å²) in [6.07, 6.45) is 0. The van der Waals surface area contributed by atoms with Gasteiger partial charge >= 0.3 is 6.03 Å². The summed E-state index contributed by atoms with van der Waals surface area (Å²) in [7, 11) is 0. The second-order valence-electron chi connectivity index (χ2n) is 4.95. The lowest BCUT2D eigenvalue weighted by Gasteiger charge is -2.27. The highest BCUT2D eigenvalue weighted by Crippen LogP contribution is 2.19. The van der Waals surface area contributed by atoms with Gasteiger partial charge in [0, 0.05) is 0 Å². The third kappa shape index (κ3) is 3.47. The first-order valence-electron chi connectivity index (χ1n) is 6.15. The van der Waals surface area contributed by atoms with E-state index in [1.807, 2.05) is 5.32 Å². The highest BCUT2D eigenvalue weighted by Gasteiger charge is 2.35. The van der Waals surface area contributed by atoms with E-state index in [9.17, 15) is 18.8 Å². The quantitative estimate of drug-likeness (QED) is 0.795. The summed E-state index contributed by atoms with van der Waals surface area (Å²) in [5.41, 5.74) is 0.978. The summed E-state index contributed by atoms with van der Waals surface area (Å²) in [5.74, 6) is -1.23. The number of hydrogen-bond acceptors (Lipinski definition) is 4. The summed E-state index contributed by atoms with van der Waals surface area (Å²) < 4.78 is 18.3. The first-order chi connectivity index (χ1) is 9.78. The zero-order valence-electron chi connectivity index (χ0n) is 11.5. The molecule has 0 spiro atoms. The van der Waals surface area contributed by atoms with Crippen LogP contribution in [0.25, 0.3) is 0 Å². The Labute approximate surface area is 120 Å². The number of carbonyl (C=O) groups is 3. The van der Waals surface area contributed by atoms with Crippen molar-refractivity contribution in [3.63, 3.8) is 0 Å². The monoisotopic (exact) mass is 295 g/mol. The van der Waals surface area contributed by atoms with E-state index in [1.165, 1.54) is 38.1 Å². The van der Waals surface area contributed by atoms with Gasteiger partial charge in [-0.25, -0.2) is 14.2 Å². The summed E-state index contributed by atoms with van der Waals surface area (Å²) in [5, 5.41) is 2.89. The van der Waals surface area contributed by atoms with Gasteiger partial charge in [0.2, 0.25) is 5.91 Å². The molecule has 7 nitrogen and oxygen atoms in total. The fourth-order valence-electron chi connectivity index (χ4n) is 1.63. The van der Waals surface area contributed by atoms with Crippen molar-refractivity contribution in [2.75, 3.05) is 6.54 Å². The molecule has 2 N–H and O–H groups in total. The van der Waals surface area contributed by atoms with Gasteiger partial charge in [-0.1, -0.05) is 0 Å². The van der Waals surface area contributed by atoms with Crippen LogP contribution in [0.5, 0.6) is 5.75 Å². The van der Waals surface area contributed by atoms with Crippen molar-refractivity contribution < 1.29 is 23.5 Å². The Kier molecular flexibility index (Phi) is 3.79. The van der Waals surface area contributed by atoms with Gasteiger partial charge in [0.05, 0.1) is 0 Å². The number of carbonyl (C=O) groups excluding carboxylic acids is 3. The van der Waals surface area contributed by atoms with Crippen LogP contribution in [0.4, 0.5) is 9.18 Å². The highest BCUT2D eigenvalue weighted by molar-refractivity contribution is 6.02. The number of imide groups is 1. The van der Waals surface area contributed by atoms with E-state index in [-0.39, 0.29) is 6.54 Å². The van der Waals surface area contributed by atoms with Gasteiger partial charge in [-0.2, -0.15) is 0 Å². The molecule has 1 aromatic rings. The maximum Gasteiger partial charge on any atom is 0.343 e. The molecule has 1 aromatic carbocycles. The van der Waals surface area contributed by atoms with Crippen LogP contribution in [0.1, 0.15) is 13.8 Å². The third-order valence-electron chi connectivity index (χ3n) is 2.76. The number of hydrogen-bond donors (Lipinski definition) is 2. The molecule has 0 unspecified atom stereocenters. The largest absolute Gasteiger partial charge is 0.478 e. The number of benzene rings is 1. The second-order valence-corrected chi connectivity index (χ2v) is 4.95. The van der Waals surface area contributed by atoms with E-state index in [1.54, 1.807) is 0 Å². The fraction of sp³-hybridized carbons (Fsp3) is 0.308. The van der Waals surface area contributed by atoms with Gasteiger partial charge in [0.15, 0.2) is 5.60 Å². The Morgan fingerprint density at radius 3 is 2.48 bits per heavy atom. The molecule has 0 atom stereocenters. The number of ether oxygens (including phenoxy) is 1. The lowest BCUT2D eigenvalue weighted by Crippen LogP contribution is -2.54. The van der Waals surface area contributed by atoms with Crippen LogP contribution in [0.3, 0.4) is 0 Å². The maximum absolute atomic E-state index is 12.8. The summed E-state index contributed by atoms with van der Waals surface area (Å²) in [6, 6.07) is 4.48. The summed E-state index contributed by atoms with van der Waals surface area (Å²) in [4.78, 5) is 34.5. The number of nitrogens with zero attached hydrogens (tertiary/aromatic N) is 1. The molecular weight excluding hydrogens is 281 g/mol. The second kappa shape index (κ2) is 5.39. The van der Waals surface area contributed by atoms with E-state index in [2.05, 4.69) is 5.43 Å². The average molecular weight is 295 g/mol. The standard InChI is InChI=1S/C13H14FN3O4/c1-13(2,21-9-5-3-8(14)4-6-9)11(19)16-17-7-10(18)15-12(17)20/h3-6H,7H2,1-2H3,(H,16,19)(H,15,18,20). The van der Waals surface area contributed by atoms with E-state index in [0.717, 1.165) is 5.01 Å². The Morgan fingerprint density at radius 2 is 1.95 bits per heavy atom. The summed E-state index contributed by atoms with van der Waals surface area (Å²) >= 11 is 0. The zero-order chi connectivity index (χ0) is 15.6. The highest BCUT2D eigenvalue weighted by atomic mass is 19.1. The van der Waals surface area contributed by atoms with Crippen molar-refractivity contribution in [3.05, 3.63) is 30.1 Å². The van der Waals surface area contributed by atoms with Crippen LogP contribution < -0.4 is 15.5 Å².